The van der Waals surface area contributed by atoms with Crippen LogP contribution >= 0.6 is 0 Å². The van der Waals surface area contributed by atoms with E-state index in [0.717, 1.165) is 70.6 Å². The molecule has 0 bridgehead atoms. The number of ether oxygens (including phenoxy) is 1. The summed E-state index contributed by atoms with van der Waals surface area (Å²) in [6, 6.07) is -0.719. The van der Waals surface area contributed by atoms with Crippen molar-refractivity contribution in [2.24, 2.45) is 0 Å². The molecule has 0 radical (unpaired) electrons. The van der Waals surface area contributed by atoms with Crippen molar-refractivity contribution in [1.82, 2.24) is 5.32 Å². The fraction of sp³-hybridized carbons (Fsp3) is 0.774. The zero-order valence-electron chi connectivity index (χ0n) is 45.0. The van der Waals surface area contributed by atoms with E-state index in [1.54, 1.807) is 0 Å². The lowest BCUT2D eigenvalue weighted by Crippen LogP contribution is -2.46. The highest BCUT2D eigenvalue weighted by molar-refractivity contribution is 5.77. The standard InChI is InChI=1S/C62H111NO5/c1-4-7-10-13-16-19-22-25-28-30-31-32-34-37-40-43-46-49-52-55-62(67)68-58(53-50-47-44-41-38-35-33-29-26-23-20-17-14-11-8-5-2)56-61(66)63-59(57-64)60(65)54-51-48-45-42-39-36-27-24-21-18-15-12-9-6-3/h11,14,17,20,23,25-26,28-29,33,35,38,58-60,64-65H,4-10,12-13,15-16,18-19,21-22,24,27,30-32,34,36-37,39-57H2,1-3H3,(H,63,66)/b14-11+,20-17+,26-23+,28-25+,33-29+,38-35+. The number of rotatable bonds is 52. The van der Waals surface area contributed by atoms with Crippen LogP contribution in [-0.2, 0) is 14.3 Å². The highest BCUT2D eigenvalue weighted by atomic mass is 16.5. The number of amides is 1. The average Bonchev–Trinajstić information content (AvgIpc) is 3.33. The number of aliphatic hydroxyl groups excluding tert-OH is 2. The van der Waals surface area contributed by atoms with Crippen LogP contribution < -0.4 is 5.32 Å². The molecule has 0 fully saturated rings. The van der Waals surface area contributed by atoms with E-state index >= 15 is 0 Å². The Labute approximate surface area is 421 Å². The largest absolute Gasteiger partial charge is 0.462 e. The molecule has 6 heteroatoms. The van der Waals surface area contributed by atoms with Gasteiger partial charge in [0, 0.05) is 6.42 Å². The van der Waals surface area contributed by atoms with Crippen LogP contribution in [0.4, 0.5) is 0 Å². The van der Waals surface area contributed by atoms with Gasteiger partial charge in [0.25, 0.3) is 0 Å². The molecule has 1 amide bonds. The number of hydrogen-bond acceptors (Lipinski definition) is 5. The van der Waals surface area contributed by atoms with Gasteiger partial charge in [0.2, 0.25) is 5.91 Å². The van der Waals surface area contributed by atoms with Crippen molar-refractivity contribution in [3.63, 3.8) is 0 Å². The number of carbonyl (C=O) groups excluding carboxylic acids is 2. The minimum absolute atomic E-state index is 0.0474. The van der Waals surface area contributed by atoms with Crippen LogP contribution in [0.15, 0.2) is 72.9 Å². The van der Waals surface area contributed by atoms with Crippen LogP contribution in [0.25, 0.3) is 0 Å². The second-order valence-electron chi connectivity index (χ2n) is 19.8. The molecule has 0 aliphatic heterocycles. The molecule has 68 heavy (non-hydrogen) atoms. The Morgan fingerprint density at radius 3 is 1.25 bits per heavy atom. The van der Waals surface area contributed by atoms with E-state index in [1.165, 1.54) is 167 Å². The summed E-state index contributed by atoms with van der Waals surface area (Å²) in [4.78, 5) is 26.3. The Morgan fingerprint density at radius 2 is 0.794 bits per heavy atom. The summed E-state index contributed by atoms with van der Waals surface area (Å²) in [6.07, 6.45) is 71.1. The number of carbonyl (C=O) groups is 2. The first-order valence-electron chi connectivity index (χ1n) is 29.2. The smallest absolute Gasteiger partial charge is 0.306 e. The minimum atomic E-state index is -0.803. The van der Waals surface area contributed by atoms with Crippen molar-refractivity contribution in [1.29, 1.82) is 0 Å². The van der Waals surface area contributed by atoms with E-state index in [9.17, 15) is 19.8 Å². The molecule has 0 spiro atoms. The summed E-state index contributed by atoms with van der Waals surface area (Å²) in [5.41, 5.74) is 0. The Morgan fingerprint density at radius 1 is 0.426 bits per heavy atom. The normalized spacial score (nSPS) is 13.7. The van der Waals surface area contributed by atoms with Crippen molar-refractivity contribution in [2.75, 3.05) is 6.61 Å². The summed E-state index contributed by atoms with van der Waals surface area (Å²) in [5, 5.41) is 23.9. The second kappa shape index (κ2) is 55.2. The van der Waals surface area contributed by atoms with E-state index in [-0.39, 0.29) is 24.9 Å². The van der Waals surface area contributed by atoms with Gasteiger partial charge < -0.3 is 20.3 Å². The fourth-order valence-corrected chi connectivity index (χ4v) is 8.69. The van der Waals surface area contributed by atoms with Crippen LogP contribution in [0.2, 0.25) is 0 Å². The minimum Gasteiger partial charge on any atom is -0.462 e. The van der Waals surface area contributed by atoms with Gasteiger partial charge >= 0.3 is 5.97 Å². The van der Waals surface area contributed by atoms with E-state index in [2.05, 4.69) is 68.6 Å². The lowest BCUT2D eigenvalue weighted by molar-refractivity contribution is -0.151. The summed E-state index contributed by atoms with van der Waals surface area (Å²) in [6.45, 7) is 6.40. The molecule has 0 saturated carbocycles. The third kappa shape index (κ3) is 49.7. The molecule has 3 atom stereocenters. The van der Waals surface area contributed by atoms with Crippen molar-refractivity contribution in [2.45, 2.75) is 302 Å². The van der Waals surface area contributed by atoms with Crippen molar-refractivity contribution in [3.8, 4) is 0 Å². The molecule has 0 aliphatic carbocycles. The van der Waals surface area contributed by atoms with Gasteiger partial charge in [0.05, 0.1) is 25.2 Å². The van der Waals surface area contributed by atoms with Crippen LogP contribution in [0.1, 0.15) is 284 Å². The van der Waals surface area contributed by atoms with Crippen molar-refractivity contribution >= 4 is 11.9 Å². The van der Waals surface area contributed by atoms with Gasteiger partial charge in [-0.05, 0) is 70.6 Å². The van der Waals surface area contributed by atoms with Gasteiger partial charge in [-0.3, -0.25) is 9.59 Å². The van der Waals surface area contributed by atoms with Crippen LogP contribution in [-0.4, -0.2) is 46.9 Å². The Bertz CT molecular complexity index is 1250. The van der Waals surface area contributed by atoms with Gasteiger partial charge in [-0.15, -0.1) is 0 Å². The number of nitrogens with one attached hydrogen (secondary N) is 1. The van der Waals surface area contributed by atoms with Gasteiger partial charge in [0.1, 0.15) is 6.10 Å². The molecular weight excluding hydrogens is 839 g/mol. The first-order valence-corrected chi connectivity index (χ1v) is 29.2. The summed E-state index contributed by atoms with van der Waals surface area (Å²) in [7, 11) is 0. The molecule has 0 aromatic rings. The topological polar surface area (TPSA) is 95.9 Å². The number of allylic oxidation sites excluding steroid dienone is 12. The molecule has 3 N–H and O–H groups in total. The van der Waals surface area contributed by atoms with E-state index in [0.29, 0.717) is 19.3 Å². The molecule has 3 unspecified atom stereocenters. The van der Waals surface area contributed by atoms with Gasteiger partial charge in [-0.1, -0.05) is 273 Å². The third-order valence-electron chi connectivity index (χ3n) is 13.1. The monoisotopic (exact) mass is 950 g/mol. The maximum atomic E-state index is 13.3. The first-order chi connectivity index (χ1) is 33.5. The molecule has 0 heterocycles. The Hall–Kier alpha value is -2.70. The molecule has 0 rings (SSSR count). The SMILES string of the molecule is CCC/C=C/C=C/C=C/C=C/C=C/CCCCCC(CC(=O)NC(CO)C(O)CCCCCCCCCCCCCCCC)OC(=O)CCCCCCCCCCC/C=C/CCCCCCCC. The maximum Gasteiger partial charge on any atom is 0.306 e. The molecule has 0 aliphatic rings. The second-order valence-corrected chi connectivity index (χ2v) is 19.8. The van der Waals surface area contributed by atoms with Gasteiger partial charge in [0.15, 0.2) is 0 Å². The number of hydrogen-bond donors (Lipinski definition) is 3. The quantitative estimate of drug-likeness (QED) is 0.0244. The zero-order valence-corrected chi connectivity index (χ0v) is 45.0. The predicted molar refractivity (Wildman–Crippen MR) is 296 cm³/mol. The first kappa shape index (κ1) is 65.3. The number of esters is 1. The summed E-state index contributed by atoms with van der Waals surface area (Å²) >= 11 is 0. The zero-order chi connectivity index (χ0) is 49.5. The molecule has 0 saturated heterocycles. The maximum absolute atomic E-state index is 13.3. The van der Waals surface area contributed by atoms with Crippen LogP contribution in [0.3, 0.4) is 0 Å². The third-order valence-corrected chi connectivity index (χ3v) is 13.1. The highest BCUT2D eigenvalue weighted by Crippen LogP contribution is 2.18. The molecule has 6 nitrogen and oxygen atoms in total. The number of unbranched alkanes of at least 4 members (excludes halogenated alkanes) is 32. The van der Waals surface area contributed by atoms with Crippen molar-refractivity contribution in [3.05, 3.63) is 72.9 Å². The van der Waals surface area contributed by atoms with E-state index < -0.39 is 18.2 Å². The van der Waals surface area contributed by atoms with E-state index in [4.69, 9.17) is 4.74 Å². The molecule has 0 aromatic heterocycles. The summed E-state index contributed by atoms with van der Waals surface area (Å²) in [5.74, 6) is -0.512. The lowest BCUT2D eigenvalue weighted by atomic mass is 10.0. The van der Waals surface area contributed by atoms with E-state index in [1.807, 2.05) is 30.4 Å². The average molecular weight is 951 g/mol. The molecular formula is C62H111NO5. The van der Waals surface area contributed by atoms with Crippen LogP contribution in [0.5, 0.6) is 0 Å². The van der Waals surface area contributed by atoms with Crippen LogP contribution in [0, 0.1) is 0 Å². The number of aliphatic hydroxyl groups is 2. The fourth-order valence-electron chi connectivity index (χ4n) is 8.69. The Kier molecular flexibility index (Phi) is 53.0. The predicted octanol–water partition coefficient (Wildman–Crippen LogP) is 18.1. The highest BCUT2D eigenvalue weighted by Gasteiger charge is 2.24. The molecule has 0 aromatic carbocycles. The van der Waals surface area contributed by atoms with Gasteiger partial charge in [-0.25, -0.2) is 0 Å². The van der Waals surface area contributed by atoms with Gasteiger partial charge in [-0.2, -0.15) is 0 Å². The van der Waals surface area contributed by atoms with Crippen molar-refractivity contribution < 1.29 is 24.5 Å². The molecule has 394 valence electrons. The lowest BCUT2D eigenvalue weighted by Gasteiger charge is -2.24. The summed E-state index contributed by atoms with van der Waals surface area (Å²) < 4.78 is 5.95. The Balaban J connectivity index is 4.62.